The molecular weight excluding hydrogens is 478 g/mol. The number of carbonyl (C=O) groups is 1. The molecule has 1 amide bonds. The zero-order valence-corrected chi connectivity index (χ0v) is 21.4. The Bertz CT molecular complexity index is 1120. The van der Waals surface area contributed by atoms with E-state index in [-0.39, 0.29) is 17.7 Å². The molecular formula is C27H30ClN5OS. The van der Waals surface area contributed by atoms with E-state index >= 15 is 0 Å². The van der Waals surface area contributed by atoms with Crippen molar-refractivity contribution in [3.8, 4) is 0 Å². The molecule has 1 unspecified atom stereocenters. The molecule has 0 aliphatic carbocycles. The Morgan fingerprint density at radius 3 is 2.46 bits per heavy atom. The van der Waals surface area contributed by atoms with Crippen LogP contribution < -0.4 is 10.2 Å². The number of piperazine rings is 1. The number of hydrogen-bond donors (Lipinski definition) is 1. The summed E-state index contributed by atoms with van der Waals surface area (Å²) in [6, 6.07) is 22.0. The summed E-state index contributed by atoms with van der Waals surface area (Å²) in [4.78, 5) is 26.1. The van der Waals surface area contributed by atoms with Gasteiger partial charge in [-0.15, -0.1) is 0 Å². The molecule has 1 aliphatic heterocycles. The number of halogens is 1. The highest BCUT2D eigenvalue weighted by atomic mass is 35.5. The van der Waals surface area contributed by atoms with Gasteiger partial charge in [0.15, 0.2) is 5.16 Å². The summed E-state index contributed by atoms with van der Waals surface area (Å²) >= 11 is 7.60. The fraction of sp³-hybridized carbons (Fsp3) is 0.296. The van der Waals surface area contributed by atoms with E-state index in [4.69, 9.17) is 11.6 Å². The van der Waals surface area contributed by atoms with Crippen molar-refractivity contribution in [3.05, 3.63) is 89.1 Å². The van der Waals surface area contributed by atoms with Gasteiger partial charge in [0.05, 0.1) is 11.8 Å². The highest BCUT2D eigenvalue weighted by Crippen LogP contribution is 2.23. The fourth-order valence-corrected chi connectivity index (χ4v) is 4.80. The van der Waals surface area contributed by atoms with E-state index in [9.17, 15) is 4.79 Å². The van der Waals surface area contributed by atoms with Crippen LogP contribution in [-0.4, -0.2) is 59.3 Å². The lowest BCUT2D eigenvalue weighted by Crippen LogP contribution is -2.46. The van der Waals surface area contributed by atoms with Gasteiger partial charge in [-0.05, 0) is 18.1 Å². The van der Waals surface area contributed by atoms with Crippen molar-refractivity contribution in [2.45, 2.75) is 18.1 Å². The van der Waals surface area contributed by atoms with E-state index in [1.54, 1.807) is 6.07 Å². The van der Waals surface area contributed by atoms with E-state index in [0.717, 1.165) is 44.1 Å². The fourth-order valence-electron chi connectivity index (χ4n) is 3.91. The van der Waals surface area contributed by atoms with E-state index < -0.39 is 0 Å². The van der Waals surface area contributed by atoms with Crippen molar-refractivity contribution in [1.29, 1.82) is 0 Å². The molecule has 0 saturated carbocycles. The number of amides is 1. The molecule has 4 rings (SSSR count). The Kier molecular flexibility index (Phi) is 9.17. The first-order valence-electron chi connectivity index (χ1n) is 11.8. The van der Waals surface area contributed by atoms with Crippen LogP contribution in [0.4, 0.5) is 5.82 Å². The molecule has 1 saturated heterocycles. The second-order valence-electron chi connectivity index (χ2n) is 8.42. The van der Waals surface area contributed by atoms with E-state index in [2.05, 4.69) is 61.5 Å². The first-order valence-corrected chi connectivity index (χ1v) is 13.1. The molecule has 182 valence electrons. The van der Waals surface area contributed by atoms with Gasteiger partial charge < -0.3 is 10.2 Å². The average molecular weight is 508 g/mol. The second-order valence-corrected chi connectivity index (χ2v) is 9.75. The van der Waals surface area contributed by atoms with Gasteiger partial charge in [0, 0.05) is 38.8 Å². The van der Waals surface area contributed by atoms with Crippen molar-refractivity contribution >= 4 is 41.2 Å². The molecule has 35 heavy (non-hydrogen) atoms. The number of thioether (sulfide) groups is 1. The zero-order valence-electron chi connectivity index (χ0n) is 19.8. The number of rotatable bonds is 9. The van der Waals surface area contributed by atoms with Gasteiger partial charge in [-0.2, -0.15) is 0 Å². The SMILES string of the molecule is CC(NC(=O)CSc1nc(Cl)cc(N2CCN(CC=Cc3ccccc3)CC2)n1)c1ccccc1. The predicted molar refractivity (Wildman–Crippen MR) is 145 cm³/mol. The zero-order chi connectivity index (χ0) is 24.5. The van der Waals surface area contributed by atoms with Crippen LogP contribution in [-0.2, 0) is 4.79 Å². The number of benzene rings is 2. The van der Waals surface area contributed by atoms with Crippen molar-refractivity contribution in [2.24, 2.45) is 0 Å². The number of nitrogens with one attached hydrogen (secondary N) is 1. The third kappa shape index (κ3) is 7.82. The summed E-state index contributed by atoms with van der Waals surface area (Å²) in [7, 11) is 0. The first-order chi connectivity index (χ1) is 17.1. The minimum atomic E-state index is -0.0614. The molecule has 1 atom stereocenters. The molecule has 1 fully saturated rings. The third-order valence-corrected chi connectivity index (χ3v) is 6.88. The minimum absolute atomic E-state index is 0.0565. The number of carbonyl (C=O) groups excluding carboxylic acids is 1. The Morgan fingerprint density at radius 1 is 1.06 bits per heavy atom. The first kappa shape index (κ1) is 25.2. The Labute approximate surface area is 216 Å². The molecule has 6 nitrogen and oxygen atoms in total. The Balaban J connectivity index is 1.26. The smallest absolute Gasteiger partial charge is 0.230 e. The lowest BCUT2D eigenvalue weighted by molar-refractivity contribution is -0.119. The molecule has 2 heterocycles. The molecule has 0 bridgehead atoms. The molecule has 0 spiro atoms. The lowest BCUT2D eigenvalue weighted by Gasteiger charge is -2.35. The third-order valence-electron chi connectivity index (χ3n) is 5.84. The monoisotopic (exact) mass is 507 g/mol. The Morgan fingerprint density at radius 2 is 1.74 bits per heavy atom. The molecule has 3 aromatic rings. The van der Waals surface area contributed by atoms with Gasteiger partial charge in [-0.3, -0.25) is 9.69 Å². The maximum atomic E-state index is 12.4. The van der Waals surface area contributed by atoms with Crippen LogP contribution in [0.15, 0.2) is 78.0 Å². The normalized spacial score (nSPS) is 15.3. The van der Waals surface area contributed by atoms with Gasteiger partial charge in [0.2, 0.25) is 5.91 Å². The number of nitrogens with zero attached hydrogens (tertiary/aromatic N) is 4. The van der Waals surface area contributed by atoms with Crippen LogP contribution >= 0.6 is 23.4 Å². The molecule has 1 aliphatic rings. The second kappa shape index (κ2) is 12.7. The summed E-state index contributed by atoms with van der Waals surface area (Å²) in [6.45, 7) is 6.53. The summed E-state index contributed by atoms with van der Waals surface area (Å²) in [5, 5.41) is 3.93. The topological polar surface area (TPSA) is 61.4 Å². The Hall–Kier alpha value is -2.87. The van der Waals surface area contributed by atoms with Crippen LogP contribution in [0.1, 0.15) is 24.1 Å². The molecule has 1 aromatic heterocycles. The molecule has 1 N–H and O–H groups in total. The summed E-state index contributed by atoms with van der Waals surface area (Å²) in [6.07, 6.45) is 4.38. The summed E-state index contributed by atoms with van der Waals surface area (Å²) in [5.74, 6) is 0.983. The maximum absolute atomic E-state index is 12.4. The van der Waals surface area contributed by atoms with Crippen molar-refractivity contribution < 1.29 is 4.79 Å². The maximum Gasteiger partial charge on any atom is 0.230 e. The van der Waals surface area contributed by atoms with E-state index in [1.807, 2.05) is 43.3 Å². The van der Waals surface area contributed by atoms with Crippen LogP contribution in [0, 0.1) is 0 Å². The largest absolute Gasteiger partial charge is 0.354 e. The highest BCUT2D eigenvalue weighted by Gasteiger charge is 2.19. The van der Waals surface area contributed by atoms with Crippen LogP contribution in [0.25, 0.3) is 6.08 Å². The predicted octanol–water partition coefficient (Wildman–Crippen LogP) is 4.93. The van der Waals surface area contributed by atoms with Gasteiger partial charge in [-0.25, -0.2) is 9.97 Å². The number of hydrogen-bond acceptors (Lipinski definition) is 6. The van der Waals surface area contributed by atoms with Crippen molar-refractivity contribution in [1.82, 2.24) is 20.2 Å². The standard InChI is InChI=1S/C27H30ClN5OS/c1-21(23-12-6-3-7-13-23)29-26(34)20-35-27-30-24(28)19-25(31-27)33-17-15-32(16-18-33)14-8-11-22-9-4-2-5-10-22/h2-13,19,21H,14-18,20H2,1H3,(H,29,34). The number of anilines is 1. The van der Waals surface area contributed by atoms with E-state index in [0.29, 0.717) is 10.3 Å². The van der Waals surface area contributed by atoms with Crippen LogP contribution in [0.5, 0.6) is 0 Å². The van der Waals surface area contributed by atoms with Gasteiger partial charge in [0.25, 0.3) is 0 Å². The minimum Gasteiger partial charge on any atom is -0.354 e. The van der Waals surface area contributed by atoms with Crippen LogP contribution in [0.2, 0.25) is 5.15 Å². The van der Waals surface area contributed by atoms with Crippen molar-refractivity contribution in [2.75, 3.05) is 43.4 Å². The number of aromatic nitrogens is 2. The average Bonchev–Trinajstić information content (AvgIpc) is 2.89. The molecule has 8 heteroatoms. The lowest BCUT2D eigenvalue weighted by atomic mass is 10.1. The van der Waals surface area contributed by atoms with Gasteiger partial charge >= 0.3 is 0 Å². The summed E-state index contributed by atoms with van der Waals surface area (Å²) < 4.78 is 0. The van der Waals surface area contributed by atoms with E-state index in [1.165, 1.54) is 17.3 Å². The summed E-state index contributed by atoms with van der Waals surface area (Å²) in [5.41, 5.74) is 2.29. The quantitative estimate of drug-likeness (QED) is 0.251. The highest BCUT2D eigenvalue weighted by molar-refractivity contribution is 7.99. The molecule has 2 aromatic carbocycles. The van der Waals surface area contributed by atoms with Crippen LogP contribution in [0.3, 0.4) is 0 Å². The van der Waals surface area contributed by atoms with Gasteiger partial charge in [0.1, 0.15) is 11.0 Å². The molecule has 0 radical (unpaired) electrons. The van der Waals surface area contributed by atoms with Gasteiger partial charge in [-0.1, -0.05) is 96.2 Å². The van der Waals surface area contributed by atoms with Crippen molar-refractivity contribution in [3.63, 3.8) is 0 Å².